The molecule has 0 unspecified atom stereocenters. The number of carbonyl (C=O) groups is 1. The van der Waals surface area contributed by atoms with Crippen LogP contribution in [0.5, 0.6) is 0 Å². The van der Waals surface area contributed by atoms with Gasteiger partial charge in [0.05, 0.1) is 12.3 Å². The lowest BCUT2D eigenvalue weighted by Crippen LogP contribution is -2.06. The summed E-state index contributed by atoms with van der Waals surface area (Å²) < 4.78 is 6.16. The Balaban J connectivity index is 2.21. The molecule has 1 aromatic carbocycles. The summed E-state index contributed by atoms with van der Waals surface area (Å²) in [6.07, 6.45) is 0.443. The third-order valence-electron chi connectivity index (χ3n) is 2.10. The molecule has 0 bridgehead atoms. The smallest absolute Gasteiger partial charge is 0.293 e. The number of hydrogen-bond donors (Lipinski definition) is 0. The highest BCUT2D eigenvalue weighted by molar-refractivity contribution is 6.30. The summed E-state index contributed by atoms with van der Waals surface area (Å²) in [6.45, 7) is 0.637. The summed E-state index contributed by atoms with van der Waals surface area (Å²) >= 11 is 5.89. The predicted octanol–water partition coefficient (Wildman–Crippen LogP) is 1.03. The van der Waals surface area contributed by atoms with Crippen molar-refractivity contribution in [3.05, 3.63) is 35.1 Å². The van der Waals surface area contributed by atoms with E-state index in [2.05, 4.69) is 20.3 Å². The Hall–Kier alpha value is -1.95. The van der Waals surface area contributed by atoms with E-state index in [4.69, 9.17) is 11.6 Å². The quantitative estimate of drug-likeness (QED) is 0.587. The number of nitrogens with zero attached hydrogens (tertiary/aromatic N) is 4. The van der Waals surface area contributed by atoms with Crippen LogP contribution in [0.25, 0.3) is 5.69 Å². The van der Waals surface area contributed by atoms with Gasteiger partial charge in [0.25, 0.3) is 6.47 Å². The van der Waals surface area contributed by atoms with Crippen molar-refractivity contribution in [1.29, 1.82) is 0 Å². The van der Waals surface area contributed by atoms with Crippen LogP contribution in [0.3, 0.4) is 0 Å². The highest BCUT2D eigenvalue weighted by Gasteiger charge is 2.08. The van der Waals surface area contributed by atoms with E-state index in [9.17, 15) is 4.79 Å². The minimum Gasteiger partial charge on any atom is -0.467 e. The molecule has 0 amide bonds. The molecule has 17 heavy (non-hydrogen) atoms. The van der Waals surface area contributed by atoms with Gasteiger partial charge in [0.15, 0.2) is 5.82 Å². The molecule has 7 heteroatoms. The van der Waals surface area contributed by atoms with Crippen molar-refractivity contribution in [2.24, 2.45) is 0 Å². The molecule has 0 N–H and O–H groups in total. The lowest BCUT2D eigenvalue weighted by Gasteiger charge is -2.04. The van der Waals surface area contributed by atoms with Crippen LogP contribution >= 0.6 is 11.6 Å². The van der Waals surface area contributed by atoms with Crippen LogP contribution in [0.2, 0.25) is 5.02 Å². The zero-order valence-electron chi connectivity index (χ0n) is 8.78. The third-order valence-corrected chi connectivity index (χ3v) is 2.33. The van der Waals surface area contributed by atoms with Gasteiger partial charge >= 0.3 is 0 Å². The first kappa shape index (κ1) is 11.5. The van der Waals surface area contributed by atoms with Crippen LogP contribution in [0, 0.1) is 0 Å². The number of halogens is 1. The van der Waals surface area contributed by atoms with Gasteiger partial charge in [0.1, 0.15) is 0 Å². The van der Waals surface area contributed by atoms with Crippen molar-refractivity contribution >= 4 is 18.1 Å². The molecule has 0 aliphatic rings. The zero-order chi connectivity index (χ0) is 12.1. The van der Waals surface area contributed by atoms with Gasteiger partial charge in [-0.15, -0.1) is 5.10 Å². The highest BCUT2D eigenvalue weighted by atomic mass is 35.5. The molecule has 2 aromatic rings. The lowest BCUT2D eigenvalue weighted by atomic mass is 10.3. The Morgan fingerprint density at radius 1 is 1.47 bits per heavy atom. The van der Waals surface area contributed by atoms with Gasteiger partial charge in [0, 0.05) is 11.4 Å². The average Bonchev–Trinajstić information content (AvgIpc) is 2.78. The molecular formula is C10H9ClN4O2. The lowest BCUT2D eigenvalue weighted by molar-refractivity contribution is -0.128. The Kier molecular flexibility index (Phi) is 3.66. The Labute approximate surface area is 102 Å². The fourth-order valence-electron chi connectivity index (χ4n) is 1.37. The molecule has 1 aromatic heterocycles. The van der Waals surface area contributed by atoms with Crippen LogP contribution in [0.1, 0.15) is 5.82 Å². The summed E-state index contributed by atoms with van der Waals surface area (Å²) in [4.78, 5) is 10.0. The van der Waals surface area contributed by atoms with Crippen molar-refractivity contribution in [1.82, 2.24) is 20.2 Å². The first-order valence-electron chi connectivity index (χ1n) is 4.89. The molecule has 0 aliphatic heterocycles. The Bertz CT molecular complexity index is 515. The standard InChI is InChI=1S/C10H9ClN4O2/c11-8-2-1-3-9(6-8)15-10(12-13-14-15)4-5-17-7-16/h1-3,6-7H,4-5H2. The van der Waals surface area contributed by atoms with Gasteiger partial charge < -0.3 is 4.74 Å². The van der Waals surface area contributed by atoms with E-state index in [0.29, 0.717) is 23.7 Å². The van der Waals surface area contributed by atoms with E-state index in [0.717, 1.165) is 5.69 Å². The van der Waals surface area contributed by atoms with Crippen LogP contribution in [-0.2, 0) is 16.0 Å². The number of hydrogen-bond acceptors (Lipinski definition) is 5. The van der Waals surface area contributed by atoms with Gasteiger partial charge in [-0.05, 0) is 28.6 Å². The van der Waals surface area contributed by atoms with Crippen LogP contribution < -0.4 is 0 Å². The number of benzene rings is 1. The summed E-state index contributed by atoms with van der Waals surface area (Å²) in [5, 5.41) is 11.9. The highest BCUT2D eigenvalue weighted by Crippen LogP contribution is 2.14. The van der Waals surface area contributed by atoms with Gasteiger partial charge in [-0.1, -0.05) is 17.7 Å². The zero-order valence-corrected chi connectivity index (χ0v) is 9.54. The van der Waals surface area contributed by atoms with Crippen LogP contribution in [-0.4, -0.2) is 33.3 Å². The molecule has 0 spiro atoms. The molecule has 1 heterocycles. The van der Waals surface area contributed by atoms with Crippen LogP contribution in [0.4, 0.5) is 0 Å². The number of carbonyl (C=O) groups excluding carboxylic acids is 1. The number of aromatic nitrogens is 4. The summed E-state index contributed by atoms with van der Waals surface area (Å²) in [6, 6.07) is 7.17. The first-order valence-corrected chi connectivity index (χ1v) is 5.27. The molecule has 0 atom stereocenters. The van der Waals surface area contributed by atoms with E-state index >= 15 is 0 Å². The molecule has 6 nitrogen and oxygen atoms in total. The van der Waals surface area contributed by atoms with E-state index in [1.54, 1.807) is 16.8 Å². The van der Waals surface area contributed by atoms with Crippen molar-refractivity contribution in [3.63, 3.8) is 0 Å². The first-order chi connectivity index (χ1) is 8.31. The monoisotopic (exact) mass is 252 g/mol. The maximum atomic E-state index is 10.0. The Morgan fingerprint density at radius 3 is 3.12 bits per heavy atom. The number of rotatable bonds is 5. The van der Waals surface area contributed by atoms with Gasteiger partial charge in [0.2, 0.25) is 0 Å². The summed E-state index contributed by atoms with van der Waals surface area (Å²) in [5.74, 6) is 0.606. The van der Waals surface area contributed by atoms with E-state index in [1.807, 2.05) is 12.1 Å². The van der Waals surface area contributed by atoms with Gasteiger partial charge in [-0.25, -0.2) is 0 Å². The maximum Gasteiger partial charge on any atom is 0.293 e. The molecule has 0 radical (unpaired) electrons. The molecule has 0 saturated carbocycles. The molecule has 88 valence electrons. The average molecular weight is 253 g/mol. The molecule has 0 saturated heterocycles. The second kappa shape index (κ2) is 5.40. The fourth-order valence-corrected chi connectivity index (χ4v) is 1.55. The van der Waals surface area contributed by atoms with Crippen molar-refractivity contribution in [2.45, 2.75) is 6.42 Å². The molecule has 0 aliphatic carbocycles. The summed E-state index contributed by atoms with van der Waals surface area (Å²) in [5.41, 5.74) is 0.767. The largest absolute Gasteiger partial charge is 0.467 e. The minimum absolute atomic E-state index is 0.241. The van der Waals surface area contributed by atoms with Gasteiger partial charge in [-0.2, -0.15) is 4.68 Å². The van der Waals surface area contributed by atoms with E-state index in [1.165, 1.54) is 0 Å². The minimum atomic E-state index is 0.241. The fraction of sp³-hybridized carbons (Fsp3) is 0.200. The van der Waals surface area contributed by atoms with E-state index < -0.39 is 0 Å². The van der Waals surface area contributed by atoms with E-state index in [-0.39, 0.29) is 6.61 Å². The number of tetrazole rings is 1. The Morgan fingerprint density at radius 2 is 2.35 bits per heavy atom. The number of ether oxygens (including phenoxy) is 1. The molecular weight excluding hydrogens is 244 g/mol. The second-order valence-corrected chi connectivity index (χ2v) is 3.64. The summed E-state index contributed by atoms with van der Waals surface area (Å²) in [7, 11) is 0. The second-order valence-electron chi connectivity index (χ2n) is 3.20. The SMILES string of the molecule is O=COCCc1nnnn1-c1cccc(Cl)c1. The molecule has 0 fully saturated rings. The maximum absolute atomic E-state index is 10.0. The predicted molar refractivity (Wildman–Crippen MR) is 59.9 cm³/mol. The topological polar surface area (TPSA) is 69.9 Å². The van der Waals surface area contributed by atoms with Crippen molar-refractivity contribution < 1.29 is 9.53 Å². The van der Waals surface area contributed by atoms with Crippen molar-refractivity contribution in [2.75, 3.05) is 6.61 Å². The molecule has 2 rings (SSSR count). The van der Waals surface area contributed by atoms with Gasteiger partial charge in [-0.3, -0.25) is 4.79 Å². The van der Waals surface area contributed by atoms with Crippen LogP contribution in [0.15, 0.2) is 24.3 Å². The normalized spacial score (nSPS) is 10.2. The third kappa shape index (κ3) is 2.79. The van der Waals surface area contributed by atoms with Crippen molar-refractivity contribution in [3.8, 4) is 5.69 Å².